The van der Waals surface area contributed by atoms with E-state index in [9.17, 15) is 18.0 Å². The number of fused-ring (bicyclic) bond motifs is 2. The van der Waals surface area contributed by atoms with E-state index in [1.54, 1.807) is 30.1 Å². The minimum absolute atomic E-state index is 0.0231. The second-order valence-electron chi connectivity index (χ2n) is 6.44. The summed E-state index contributed by atoms with van der Waals surface area (Å²) < 4.78 is 30.2. The highest BCUT2D eigenvalue weighted by Crippen LogP contribution is 2.23. The number of hydrogen-bond acceptors (Lipinski definition) is 6. The van der Waals surface area contributed by atoms with Crippen molar-refractivity contribution in [2.75, 3.05) is 29.9 Å². The van der Waals surface area contributed by atoms with Gasteiger partial charge < -0.3 is 20.0 Å². The summed E-state index contributed by atoms with van der Waals surface area (Å²) in [5.41, 5.74) is 1.50. The first-order valence-corrected chi connectivity index (χ1v) is 9.77. The summed E-state index contributed by atoms with van der Waals surface area (Å²) >= 11 is 0. The largest absolute Gasteiger partial charge is 0.419 e. The van der Waals surface area contributed by atoms with Crippen molar-refractivity contribution in [3.8, 4) is 0 Å². The lowest BCUT2D eigenvalue weighted by Gasteiger charge is -2.37. The Bertz CT molecular complexity index is 1010. The number of piperazine rings is 1. The normalized spacial score (nSPS) is 25.1. The third-order valence-corrected chi connectivity index (χ3v) is 6.50. The molecule has 0 radical (unpaired) electrons. The molecular weight excluding hydrogens is 348 g/mol. The SMILES string of the molecule is Cn1c(=O)oc2cc(NC(=O)N3CCN[C@H]4CS(=O)(=O)C[C@H]43)ccc21. The lowest BCUT2D eigenvalue weighted by Crippen LogP contribution is -2.59. The molecule has 2 atom stereocenters. The number of oxazole rings is 1. The van der Waals surface area contributed by atoms with Gasteiger partial charge in [0.25, 0.3) is 0 Å². The van der Waals surface area contributed by atoms with Gasteiger partial charge in [-0.25, -0.2) is 18.0 Å². The summed E-state index contributed by atoms with van der Waals surface area (Å²) in [7, 11) is -1.53. The molecule has 134 valence electrons. The molecule has 0 aliphatic carbocycles. The van der Waals surface area contributed by atoms with Gasteiger partial charge in [0.2, 0.25) is 0 Å². The zero-order valence-corrected chi connectivity index (χ0v) is 14.4. The number of amides is 2. The molecule has 2 saturated heterocycles. The number of hydrogen-bond donors (Lipinski definition) is 2. The molecule has 0 unspecified atom stereocenters. The fraction of sp³-hybridized carbons (Fsp3) is 0.467. The number of aryl methyl sites for hydroxylation is 1. The number of rotatable bonds is 1. The molecule has 2 amide bonds. The number of benzene rings is 1. The van der Waals surface area contributed by atoms with Crippen LogP contribution in [0.3, 0.4) is 0 Å². The van der Waals surface area contributed by atoms with Gasteiger partial charge in [-0.2, -0.15) is 0 Å². The van der Waals surface area contributed by atoms with E-state index in [0.717, 1.165) is 0 Å². The average molecular weight is 366 g/mol. The van der Waals surface area contributed by atoms with Gasteiger partial charge in [-0.3, -0.25) is 4.57 Å². The van der Waals surface area contributed by atoms with Gasteiger partial charge in [0.05, 0.1) is 23.1 Å². The van der Waals surface area contributed by atoms with Crippen molar-refractivity contribution in [2.45, 2.75) is 12.1 Å². The van der Waals surface area contributed by atoms with Gasteiger partial charge in [-0.1, -0.05) is 0 Å². The first-order chi connectivity index (χ1) is 11.8. The molecule has 10 heteroatoms. The molecule has 2 N–H and O–H groups in total. The van der Waals surface area contributed by atoms with Gasteiger partial charge >= 0.3 is 11.8 Å². The molecule has 4 rings (SSSR count). The van der Waals surface area contributed by atoms with Gasteiger partial charge in [-0.15, -0.1) is 0 Å². The Morgan fingerprint density at radius 2 is 2.16 bits per heavy atom. The van der Waals surface area contributed by atoms with Gasteiger partial charge in [0, 0.05) is 37.9 Å². The predicted octanol–water partition coefficient (Wildman–Crippen LogP) is -0.266. The molecule has 0 bridgehead atoms. The Morgan fingerprint density at radius 3 is 2.96 bits per heavy atom. The van der Waals surface area contributed by atoms with Gasteiger partial charge in [0.15, 0.2) is 15.4 Å². The van der Waals surface area contributed by atoms with Crippen LogP contribution in [0.1, 0.15) is 0 Å². The Balaban J connectivity index is 1.56. The molecule has 3 heterocycles. The van der Waals surface area contributed by atoms with Gasteiger partial charge in [-0.05, 0) is 12.1 Å². The molecular formula is C15H18N4O5S. The number of urea groups is 1. The number of carbonyl (C=O) groups excluding carboxylic acids is 1. The molecule has 2 aliphatic heterocycles. The summed E-state index contributed by atoms with van der Waals surface area (Å²) in [6.45, 7) is 0.988. The fourth-order valence-corrected chi connectivity index (χ4v) is 5.48. The van der Waals surface area contributed by atoms with Crippen LogP contribution in [0.25, 0.3) is 11.1 Å². The zero-order valence-electron chi connectivity index (χ0n) is 13.6. The maximum atomic E-state index is 12.6. The smallest absolute Gasteiger partial charge is 0.408 e. The average Bonchev–Trinajstić information content (AvgIpc) is 3.01. The highest BCUT2D eigenvalue weighted by atomic mass is 32.2. The maximum Gasteiger partial charge on any atom is 0.419 e. The minimum Gasteiger partial charge on any atom is -0.408 e. The zero-order chi connectivity index (χ0) is 17.8. The quantitative estimate of drug-likeness (QED) is 0.718. The second-order valence-corrected chi connectivity index (χ2v) is 8.59. The van der Waals surface area contributed by atoms with Crippen molar-refractivity contribution in [1.82, 2.24) is 14.8 Å². The minimum atomic E-state index is -3.14. The number of anilines is 1. The summed E-state index contributed by atoms with van der Waals surface area (Å²) in [5.74, 6) is -0.438. The van der Waals surface area contributed by atoms with E-state index in [0.29, 0.717) is 29.9 Å². The first kappa shape index (κ1) is 16.2. The van der Waals surface area contributed by atoms with E-state index < -0.39 is 15.6 Å². The summed E-state index contributed by atoms with van der Waals surface area (Å²) in [6.07, 6.45) is 0. The van der Waals surface area contributed by atoms with E-state index in [2.05, 4.69) is 10.6 Å². The fourth-order valence-electron chi connectivity index (χ4n) is 3.53. The summed E-state index contributed by atoms with van der Waals surface area (Å²) in [6, 6.07) is 4.01. The standard InChI is InChI=1S/C15H18N4O5S/c1-18-11-3-2-9(6-13(11)24-15(18)21)17-14(20)19-5-4-16-10-7-25(22,23)8-12(10)19/h2-3,6,10,12,16H,4-5,7-8H2,1H3,(H,17,20)/t10-,12+/m0/s1. The van der Waals surface area contributed by atoms with Crippen LogP contribution in [0.4, 0.5) is 10.5 Å². The second kappa shape index (κ2) is 5.60. The molecule has 9 nitrogen and oxygen atoms in total. The maximum absolute atomic E-state index is 12.6. The highest BCUT2D eigenvalue weighted by Gasteiger charge is 2.44. The molecule has 2 aliphatic rings. The van der Waals surface area contributed by atoms with E-state index >= 15 is 0 Å². The Hall–Kier alpha value is -2.33. The molecule has 0 spiro atoms. The highest BCUT2D eigenvalue weighted by molar-refractivity contribution is 7.91. The van der Waals surface area contributed by atoms with Crippen molar-refractivity contribution < 1.29 is 17.6 Å². The number of aromatic nitrogens is 1. The molecule has 0 saturated carbocycles. The number of sulfone groups is 1. The number of nitrogens with one attached hydrogen (secondary N) is 2. The van der Waals surface area contributed by atoms with Crippen molar-refractivity contribution in [1.29, 1.82) is 0 Å². The Kier molecular flexibility index (Phi) is 3.62. The van der Waals surface area contributed by atoms with Crippen LogP contribution in [-0.4, -0.2) is 60.6 Å². The monoisotopic (exact) mass is 366 g/mol. The Labute approximate surface area is 143 Å². The van der Waals surface area contributed by atoms with Crippen LogP contribution >= 0.6 is 0 Å². The van der Waals surface area contributed by atoms with Crippen LogP contribution in [-0.2, 0) is 16.9 Å². The molecule has 25 heavy (non-hydrogen) atoms. The van der Waals surface area contributed by atoms with Crippen LogP contribution in [0.2, 0.25) is 0 Å². The van der Waals surface area contributed by atoms with E-state index in [1.807, 2.05) is 0 Å². The van der Waals surface area contributed by atoms with Crippen molar-refractivity contribution in [2.24, 2.45) is 7.05 Å². The van der Waals surface area contributed by atoms with Crippen molar-refractivity contribution in [3.05, 3.63) is 28.7 Å². The third-order valence-electron chi connectivity index (χ3n) is 4.79. The van der Waals surface area contributed by atoms with E-state index in [4.69, 9.17) is 4.42 Å². The summed E-state index contributed by atoms with van der Waals surface area (Å²) in [4.78, 5) is 25.7. The van der Waals surface area contributed by atoms with Crippen LogP contribution in [0.15, 0.2) is 27.4 Å². The van der Waals surface area contributed by atoms with Crippen LogP contribution < -0.4 is 16.4 Å². The Morgan fingerprint density at radius 1 is 1.36 bits per heavy atom. The third kappa shape index (κ3) is 2.81. The van der Waals surface area contributed by atoms with Crippen molar-refractivity contribution in [3.63, 3.8) is 0 Å². The number of nitrogens with zero attached hydrogens (tertiary/aromatic N) is 2. The molecule has 2 fully saturated rings. The molecule has 1 aromatic carbocycles. The first-order valence-electron chi connectivity index (χ1n) is 7.95. The number of carbonyl (C=O) groups is 1. The van der Waals surface area contributed by atoms with Gasteiger partial charge in [0.1, 0.15) is 0 Å². The topological polar surface area (TPSA) is 114 Å². The lowest BCUT2D eigenvalue weighted by molar-refractivity contribution is 0.163. The van der Waals surface area contributed by atoms with Crippen molar-refractivity contribution >= 4 is 32.7 Å². The van der Waals surface area contributed by atoms with Crippen LogP contribution in [0.5, 0.6) is 0 Å². The van der Waals surface area contributed by atoms with Crippen LogP contribution in [0, 0.1) is 0 Å². The summed E-state index contributed by atoms with van der Waals surface area (Å²) in [5, 5.41) is 5.93. The predicted molar refractivity (Wildman–Crippen MR) is 91.4 cm³/mol. The lowest BCUT2D eigenvalue weighted by atomic mass is 10.1. The van der Waals surface area contributed by atoms with E-state index in [1.165, 1.54) is 4.57 Å². The molecule has 2 aromatic rings. The van der Waals surface area contributed by atoms with E-state index in [-0.39, 0.29) is 29.6 Å². The molecule has 1 aromatic heterocycles.